The topological polar surface area (TPSA) is 67.4 Å². The number of hydrogen-bond donors (Lipinski definition) is 2. The third kappa shape index (κ3) is 7.53. The molecule has 0 saturated carbocycles. The van der Waals surface area contributed by atoms with E-state index in [1.807, 2.05) is 20.8 Å². The quantitative estimate of drug-likeness (QED) is 0.452. The second-order valence-corrected chi connectivity index (χ2v) is 9.32. The minimum Gasteiger partial charge on any atom is -0.489 e. The lowest BCUT2D eigenvalue weighted by molar-refractivity contribution is 0.0908. The lowest BCUT2D eigenvalue weighted by Crippen LogP contribution is -2.41. The zero-order valence-electron chi connectivity index (χ0n) is 16.2. The van der Waals surface area contributed by atoms with Crippen molar-refractivity contribution in [1.29, 1.82) is 0 Å². The van der Waals surface area contributed by atoms with Crippen molar-refractivity contribution < 1.29 is 14.3 Å². The fraction of sp³-hybridized carbons (Fsp3) is 0.238. The maximum atomic E-state index is 12.8. The van der Waals surface area contributed by atoms with Crippen LogP contribution in [0.25, 0.3) is 0 Å². The highest BCUT2D eigenvalue weighted by atomic mass is 127. The molecule has 2 aromatic rings. The minimum absolute atomic E-state index is 0.137. The molecule has 0 bridgehead atoms. The molecule has 0 unspecified atom stereocenters. The molecular formula is C21H21Cl2IN2O3. The van der Waals surface area contributed by atoms with Crippen LogP contribution < -0.4 is 15.4 Å². The fourth-order valence-electron chi connectivity index (χ4n) is 2.38. The molecule has 2 rings (SSSR count). The normalized spacial score (nSPS) is 10.8. The van der Waals surface area contributed by atoms with Gasteiger partial charge >= 0.3 is 0 Å². The summed E-state index contributed by atoms with van der Waals surface area (Å²) < 4.78 is 6.30. The molecule has 29 heavy (non-hydrogen) atoms. The van der Waals surface area contributed by atoms with E-state index in [0.29, 0.717) is 26.1 Å². The summed E-state index contributed by atoms with van der Waals surface area (Å²) in [5.74, 6) is -0.0520. The summed E-state index contributed by atoms with van der Waals surface area (Å²) in [6, 6.07) is 12.0. The van der Waals surface area contributed by atoms with Crippen LogP contribution in [0.15, 0.2) is 53.0 Å². The van der Waals surface area contributed by atoms with Crippen molar-refractivity contribution in [2.24, 2.45) is 0 Å². The van der Waals surface area contributed by atoms with Crippen molar-refractivity contribution in [2.45, 2.75) is 26.3 Å². The van der Waals surface area contributed by atoms with Crippen LogP contribution >= 0.6 is 45.8 Å². The van der Waals surface area contributed by atoms with Crippen LogP contribution in [0.1, 0.15) is 41.5 Å². The van der Waals surface area contributed by atoms with Gasteiger partial charge in [-0.3, -0.25) is 9.59 Å². The Kier molecular flexibility index (Phi) is 8.36. The van der Waals surface area contributed by atoms with E-state index in [1.165, 1.54) is 6.08 Å². The number of ether oxygens (including phenoxy) is 1. The van der Waals surface area contributed by atoms with Gasteiger partial charge in [-0.25, -0.2) is 0 Å². The van der Waals surface area contributed by atoms with Gasteiger partial charge in [0.15, 0.2) is 0 Å². The molecule has 2 amide bonds. The van der Waals surface area contributed by atoms with Gasteiger partial charge in [0.1, 0.15) is 16.8 Å². The van der Waals surface area contributed by atoms with E-state index in [-0.39, 0.29) is 22.9 Å². The number of amides is 2. The number of halogens is 3. The van der Waals surface area contributed by atoms with Gasteiger partial charge in [-0.15, -0.1) is 0 Å². The van der Waals surface area contributed by atoms with Gasteiger partial charge in [-0.2, -0.15) is 0 Å². The molecule has 5 nitrogen and oxygen atoms in total. The number of carbonyl (C=O) groups is 2. The first kappa shape index (κ1) is 23.5. The first-order valence-corrected chi connectivity index (χ1v) is 10.6. The molecule has 0 fully saturated rings. The highest BCUT2D eigenvalue weighted by Gasteiger charge is 2.23. The van der Waals surface area contributed by atoms with E-state index < -0.39 is 5.54 Å². The van der Waals surface area contributed by atoms with Crippen LogP contribution in [-0.2, 0) is 0 Å². The molecule has 0 radical (unpaired) electrons. The van der Waals surface area contributed by atoms with Gasteiger partial charge in [0.25, 0.3) is 11.8 Å². The highest BCUT2D eigenvalue weighted by Crippen LogP contribution is 2.21. The van der Waals surface area contributed by atoms with Crippen molar-refractivity contribution in [3.05, 3.63) is 67.7 Å². The standard InChI is InChI=1S/C21H21Cl2IN2O3/c1-21(2,3)26-20(28)18-15(5-4-6-16(18)24)19(27)25-13-7-9-14(10-8-13)29-12-11-17(22)23/h4-11H,12H2,1-3H3,(H,25,27)(H,26,28). The summed E-state index contributed by atoms with van der Waals surface area (Å²) in [6.45, 7) is 5.91. The number of anilines is 1. The van der Waals surface area contributed by atoms with Crippen LogP contribution in [0.4, 0.5) is 5.69 Å². The predicted octanol–water partition coefficient (Wildman–Crippen LogP) is 5.77. The van der Waals surface area contributed by atoms with Gasteiger partial charge in [-0.05, 0) is 85.8 Å². The maximum absolute atomic E-state index is 12.8. The minimum atomic E-state index is -0.414. The van der Waals surface area contributed by atoms with Gasteiger partial charge in [0.2, 0.25) is 0 Å². The summed E-state index contributed by atoms with van der Waals surface area (Å²) >= 11 is 13.1. The molecule has 8 heteroatoms. The lowest BCUT2D eigenvalue weighted by Gasteiger charge is -2.22. The van der Waals surface area contributed by atoms with Crippen molar-refractivity contribution in [3.8, 4) is 5.75 Å². The monoisotopic (exact) mass is 546 g/mol. The summed E-state index contributed by atoms with van der Waals surface area (Å²) in [5, 5.41) is 5.72. The molecule has 2 aromatic carbocycles. The second-order valence-electron chi connectivity index (χ2n) is 7.15. The van der Waals surface area contributed by atoms with Crippen LogP contribution in [0, 0.1) is 3.57 Å². The molecule has 154 valence electrons. The molecule has 0 saturated heterocycles. The van der Waals surface area contributed by atoms with Crippen molar-refractivity contribution in [1.82, 2.24) is 5.32 Å². The SMILES string of the molecule is CC(C)(C)NC(=O)c1c(I)cccc1C(=O)Nc1ccc(OCC=C(Cl)Cl)cc1. The van der Waals surface area contributed by atoms with E-state index in [1.54, 1.807) is 42.5 Å². The number of carbonyl (C=O) groups excluding carboxylic acids is 2. The third-order valence-corrected chi connectivity index (χ3v) is 4.78. The van der Waals surface area contributed by atoms with Gasteiger partial charge in [0.05, 0.1) is 11.1 Å². The van der Waals surface area contributed by atoms with Crippen LogP contribution in [-0.4, -0.2) is 24.0 Å². The van der Waals surface area contributed by atoms with E-state index in [4.69, 9.17) is 27.9 Å². The lowest BCUT2D eigenvalue weighted by atomic mass is 10.0. The van der Waals surface area contributed by atoms with E-state index in [0.717, 1.165) is 0 Å². The largest absolute Gasteiger partial charge is 0.489 e. The average molecular weight is 547 g/mol. The molecule has 0 aliphatic rings. The summed E-state index contributed by atoms with van der Waals surface area (Å²) in [5.41, 5.74) is 0.822. The van der Waals surface area contributed by atoms with Crippen LogP contribution in [0.5, 0.6) is 5.75 Å². The van der Waals surface area contributed by atoms with Gasteiger partial charge < -0.3 is 15.4 Å². The second kappa shape index (κ2) is 10.3. The first-order chi connectivity index (χ1) is 13.6. The Morgan fingerprint density at radius 2 is 1.72 bits per heavy atom. The smallest absolute Gasteiger partial charge is 0.256 e. The van der Waals surface area contributed by atoms with Gasteiger partial charge in [-0.1, -0.05) is 29.3 Å². The number of hydrogen-bond acceptors (Lipinski definition) is 3. The van der Waals surface area contributed by atoms with Crippen molar-refractivity contribution in [3.63, 3.8) is 0 Å². The van der Waals surface area contributed by atoms with Crippen LogP contribution in [0.2, 0.25) is 0 Å². The molecule has 0 aliphatic heterocycles. The Morgan fingerprint density at radius 1 is 1.07 bits per heavy atom. The Labute approximate surface area is 193 Å². The average Bonchev–Trinajstić information content (AvgIpc) is 2.61. The molecule has 0 aromatic heterocycles. The highest BCUT2D eigenvalue weighted by molar-refractivity contribution is 14.1. The zero-order chi connectivity index (χ0) is 21.6. The van der Waals surface area contributed by atoms with Crippen molar-refractivity contribution in [2.75, 3.05) is 11.9 Å². The maximum Gasteiger partial charge on any atom is 0.256 e. The number of benzene rings is 2. The summed E-state index contributed by atoms with van der Waals surface area (Å²) in [6.07, 6.45) is 1.53. The third-order valence-electron chi connectivity index (χ3n) is 3.57. The Hall–Kier alpha value is -1.77. The predicted molar refractivity (Wildman–Crippen MR) is 126 cm³/mol. The molecular weight excluding hydrogens is 526 g/mol. The first-order valence-electron chi connectivity index (χ1n) is 8.73. The Balaban J connectivity index is 2.16. The molecule has 2 N–H and O–H groups in total. The zero-order valence-corrected chi connectivity index (χ0v) is 19.9. The molecule has 0 heterocycles. The Morgan fingerprint density at radius 3 is 2.31 bits per heavy atom. The Bertz CT molecular complexity index is 919. The summed E-state index contributed by atoms with van der Waals surface area (Å²) in [7, 11) is 0. The number of nitrogens with one attached hydrogen (secondary N) is 2. The van der Waals surface area contributed by atoms with E-state index >= 15 is 0 Å². The van der Waals surface area contributed by atoms with E-state index in [9.17, 15) is 9.59 Å². The molecule has 0 spiro atoms. The summed E-state index contributed by atoms with van der Waals surface area (Å²) in [4.78, 5) is 25.5. The molecule has 0 atom stereocenters. The number of rotatable bonds is 6. The van der Waals surface area contributed by atoms with Crippen LogP contribution in [0.3, 0.4) is 0 Å². The van der Waals surface area contributed by atoms with Crippen molar-refractivity contribution >= 4 is 63.3 Å². The van der Waals surface area contributed by atoms with E-state index in [2.05, 4.69) is 33.2 Å². The fourth-order valence-corrected chi connectivity index (χ4v) is 3.25. The molecule has 0 aliphatic carbocycles. The van der Waals surface area contributed by atoms with Gasteiger partial charge in [0, 0.05) is 14.8 Å².